The number of nitrogens with one attached hydrogen (secondary N) is 1. The standard InChI is InChI=1S/C10H14F3N3OS/c1-18(17)5-4-16-8-2-3-14-6-7(8)15-9(16)10(11,12)13/h14H,2-6H2,1H3. The summed E-state index contributed by atoms with van der Waals surface area (Å²) in [7, 11) is -1.12. The van der Waals surface area contributed by atoms with Gasteiger partial charge in [0.25, 0.3) is 0 Å². The summed E-state index contributed by atoms with van der Waals surface area (Å²) in [6.45, 7) is 1.10. The van der Waals surface area contributed by atoms with Crippen molar-refractivity contribution >= 4 is 10.8 Å². The largest absolute Gasteiger partial charge is 0.449 e. The van der Waals surface area contributed by atoms with Gasteiger partial charge in [-0.25, -0.2) is 4.98 Å². The Bertz CT molecular complexity index is 470. The van der Waals surface area contributed by atoms with E-state index in [-0.39, 0.29) is 12.3 Å². The summed E-state index contributed by atoms with van der Waals surface area (Å²) in [6.07, 6.45) is -2.46. The summed E-state index contributed by atoms with van der Waals surface area (Å²) >= 11 is 0. The van der Waals surface area contributed by atoms with E-state index < -0.39 is 22.8 Å². The van der Waals surface area contributed by atoms with E-state index in [1.807, 2.05) is 0 Å². The third-order valence-corrected chi connectivity index (χ3v) is 3.60. The molecule has 1 aliphatic rings. The first-order valence-corrected chi connectivity index (χ1v) is 7.28. The predicted molar refractivity (Wildman–Crippen MR) is 61.6 cm³/mol. The summed E-state index contributed by atoms with van der Waals surface area (Å²) in [5, 5.41) is 2.99. The molecule has 1 aromatic heterocycles. The quantitative estimate of drug-likeness (QED) is 0.896. The van der Waals surface area contributed by atoms with Gasteiger partial charge in [-0.3, -0.25) is 4.21 Å². The highest BCUT2D eigenvalue weighted by Crippen LogP contribution is 2.31. The van der Waals surface area contributed by atoms with Crippen molar-refractivity contribution in [2.24, 2.45) is 0 Å². The zero-order chi connectivity index (χ0) is 13.3. The molecule has 0 saturated carbocycles. The van der Waals surface area contributed by atoms with Crippen LogP contribution in [0.25, 0.3) is 0 Å². The van der Waals surface area contributed by atoms with E-state index in [2.05, 4.69) is 10.3 Å². The molecule has 0 spiro atoms. The molecule has 1 atom stereocenters. The lowest BCUT2D eigenvalue weighted by Gasteiger charge is -2.16. The number of aromatic nitrogens is 2. The smallest absolute Gasteiger partial charge is 0.323 e. The topological polar surface area (TPSA) is 46.9 Å². The van der Waals surface area contributed by atoms with Crippen molar-refractivity contribution in [2.45, 2.75) is 25.7 Å². The fourth-order valence-corrected chi connectivity index (χ4v) is 2.49. The van der Waals surface area contributed by atoms with E-state index in [0.717, 1.165) is 0 Å². The number of fused-ring (bicyclic) bond motifs is 1. The first-order chi connectivity index (χ1) is 8.39. The van der Waals surface area contributed by atoms with Crippen LogP contribution >= 0.6 is 0 Å². The Labute approximate surface area is 105 Å². The summed E-state index contributed by atoms with van der Waals surface area (Å²) in [6, 6.07) is 0. The molecule has 1 aromatic rings. The molecule has 18 heavy (non-hydrogen) atoms. The molecule has 1 N–H and O–H groups in total. The molecule has 2 rings (SSSR count). The maximum Gasteiger partial charge on any atom is 0.449 e. The first kappa shape index (κ1) is 13.5. The SMILES string of the molecule is CS(=O)CCn1c(C(F)(F)F)nc2c1CCNC2. The Hall–Kier alpha value is -0.890. The van der Waals surface area contributed by atoms with Crippen LogP contribution in [0.5, 0.6) is 0 Å². The molecule has 0 amide bonds. The Morgan fingerprint density at radius 3 is 2.83 bits per heavy atom. The van der Waals surface area contributed by atoms with E-state index in [9.17, 15) is 17.4 Å². The summed E-state index contributed by atoms with van der Waals surface area (Å²) in [4.78, 5) is 3.68. The normalized spacial score (nSPS) is 17.6. The Kier molecular flexibility index (Phi) is 3.76. The molecule has 1 unspecified atom stereocenters. The lowest BCUT2D eigenvalue weighted by molar-refractivity contribution is -0.147. The minimum absolute atomic E-state index is 0.0975. The van der Waals surface area contributed by atoms with Crippen LogP contribution in [0.2, 0.25) is 0 Å². The third kappa shape index (κ3) is 2.74. The zero-order valence-electron chi connectivity index (χ0n) is 9.88. The van der Waals surface area contributed by atoms with Crippen LogP contribution in [0.15, 0.2) is 0 Å². The van der Waals surface area contributed by atoms with Crippen LogP contribution in [0, 0.1) is 0 Å². The van der Waals surface area contributed by atoms with Crippen molar-refractivity contribution in [1.82, 2.24) is 14.9 Å². The van der Waals surface area contributed by atoms with Gasteiger partial charge in [-0.15, -0.1) is 0 Å². The van der Waals surface area contributed by atoms with Gasteiger partial charge in [-0.1, -0.05) is 0 Å². The van der Waals surface area contributed by atoms with Gasteiger partial charge in [0.15, 0.2) is 0 Å². The summed E-state index contributed by atoms with van der Waals surface area (Å²) in [5.74, 6) is -0.666. The van der Waals surface area contributed by atoms with Gasteiger partial charge in [-0.05, 0) is 0 Å². The van der Waals surface area contributed by atoms with Crippen LogP contribution in [0.4, 0.5) is 13.2 Å². The summed E-state index contributed by atoms with van der Waals surface area (Å²) in [5.41, 5.74) is 1.07. The highest BCUT2D eigenvalue weighted by atomic mass is 32.2. The van der Waals surface area contributed by atoms with E-state index in [1.165, 1.54) is 10.8 Å². The minimum Gasteiger partial charge on any atom is -0.323 e. The van der Waals surface area contributed by atoms with Crippen LogP contribution in [0.1, 0.15) is 17.2 Å². The molecular weight excluding hydrogens is 267 g/mol. The maximum atomic E-state index is 12.9. The summed E-state index contributed by atoms with van der Waals surface area (Å²) < 4.78 is 50.9. The Morgan fingerprint density at radius 2 is 2.22 bits per heavy atom. The lowest BCUT2D eigenvalue weighted by atomic mass is 10.2. The van der Waals surface area contributed by atoms with Crippen LogP contribution < -0.4 is 5.32 Å². The van der Waals surface area contributed by atoms with Gasteiger partial charge in [0, 0.05) is 54.6 Å². The van der Waals surface area contributed by atoms with Gasteiger partial charge < -0.3 is 9.88 Å². The highest BCUT2D eigenvalue weighted by Gasteiger charge is 2.39. The van der Waals surface area contributed by atoms with Crippen molar-refractivity contribution in [3.63, 3.8) is 0 Å². The molecule has 0 saturated heterocycles. The molecule has 8 heteroatoms. The first-order valence-electron chi connectivity index (χ1n) is 5.56. The molecule has 0 fully saturated rings. The van der Waals surface area contributed by atoms with Crippen LogP contribution in [0.3, 0.4) is 0 Å². The van der Waals surface area contributed by atoms with Crippen molar-refractivity contribution < 1.29 is 17.4 Å². The van der Waals surface area contributed by atoms with Crippen molar-refractivity contribution in [2.75, 3.05) is 18.6 Å². The second-order valence-corrected chi connectivity index (χ2v) is 5.74. The fourth-order valence-electron chi connectivity index (χ4n) is 2.05. The average Bonchev–Trinajstić information content (AvgIpc) is 2.64. The molecule has 0 aliphatic carbocycles. The van der Waals surface area contributed by atoms with Crippen molar-refractivity contribution in [3.05, 3.63) is 17.2 Å². The molecule has 0 radical (unpaired) electrons. The maximum absolute atomic E-state index is 12.9. The van der Waals surface area contributed by atoms with Crippen LogP contribution in [-0.2, 0) is 36.5 Å². The number of nitrogens with zero attached hydrogens (tertiary/aromatic N) is 2. The molecule has 0 aromatic carbocycles. The number of imidazole rings is 1. The second kappa shape index (κ2) is 5.00. The number of halogens is 3. The molecular formula is C10H14F3N3OS. The monoisotopic (exact) mass is 281 g/mol. The molecule has 0 bridgehead atoms. The molecule has 4 nitrogen and oxygen atoms in total. The molecule has 102 valence electrons. The number of hydrogen-bond acceptors (Lipinski definition) is 3. The van der Waals surface area contributed by atoms with Gasteiger partial charge in [0.1, 0.15) is 0 Å². The second-order valence-electron chi connectivity index (χ2n) is 4.18. The molecule has 1 aliphatic heterocycles. The van der Waals surface area contributed by atoms with Crippen LogP contribution in [-0.4, -0.2) is 32.3 Å². The highest BCUT2D eigenvalue weighted by molar-refractivity contribution is 7.84. The minimum atomic E-state index is -4.47. The number of rotatable bonds is 3. The molecule has 2 heterocycles. The zero-order valence-corrected chi connectivity index (χ0v) is 10.7. The fraction of sp³-hybridized carbons (Fsp3) is 0.700. The number of alkyl halides is 3. The Morgan fingerprint density at radius 1 is 1.50 bits per heavy atom. The van der Waals surface area contributed by atoms with Crippen molar-refractivity contribution in [3.8, 4) is 0 Å². The lowest BCUT2D eigenvalue weighted by Crippen LogP contribution is -2.26. The van der Waals surface area contributed by atoms with Gasteiger partial charge >= 0.3 is 6.18 Å². The van der Waals surface area contributed by atoms with Gasteiger partial charge in [0.05, 0.1) is 5.69 Å². The van der Waals surface area contributed by atoms with E-state index >= 15 is 0 Å². The van der Waals surface area contributed by atoms with E-state index in [0.29, 0.717) is 30.9 Å². The van der Waals surface area contributed by atoms with Crippen molar-refractivity contribution in [1.29, 1.82) is 0 Å². The van der Waals surface area contributed by atoms with E-state index in [1.54, 1.807) is 0 Å². The Balaban J connectivity index is 2.39. The third-order valence-electron chi connectivity index (χ3n) is 2.84. The average molecular weight is 281 g/mol. The number of hydrogen-bond donors (Lipinski definition) is 1. The van der Waals surface area contributed by atoms with E-state index in [4.69, 9.17) is 0 Å². The predicted octanol–water partition coefficient (Wildman–Crippen LogP) is 0.926. The van der Waals surface area contributed by atoms with Gasteiger partial charge in [0.2, 0.25) is 5.82 Å². The van der Waals surface area contributed by atoms with Gasteiger partial charge in [-0.2, -0.15) is 13.2 Å².